The molecule has 0 radical (unpaired) electrons. The third-order valence-electron chi connectivity index (χ3n) is 2.73. The first-order valence-corrected chi connectivity index (χ1v) is 5.98. The van der Waals surface area contributed by atoms with Gasteiger partial charge >= 0.3 is 0 Å². The lowest BCUT2D eigenvalue weighted by Crippen LogP contribution is -2.26. The van der Waals surface area contributed by atoms with E-state index in [2.05, 4.69) is 10.3 Å². The molecule has 0 saturated heterocycles. The van der Waals surface area contributed by atoms with Crippen LogP contribution < -0.4 is 5.32 Å². The molecule has 1 heterocycles. The first-order valence-electron chi connectivity index (χ1n) is 5.98. The van der Waals surface area contributed by atoms with E-state index in [1.165, 1.54) is 0 Å². The van der Waals surface area contributed by atoms with Gasteiger partial charge in [0.25, 0.3) is 5.91 Å². The molecule has 0 saturated carbocycles. The number of hydrogen-bond acceptors (Lipinski definition) is 3. The molecule has 4 heteroatoms. The summed E-state index contributed by atoms with van der Waals surface area (Å²) < 4.78 is 0. The topological polar surface area (TPSA) is 62.2 Å². The van der Waals surface area contributed by atoms with Gasteiger partial charge in [-0.1, -0.05) is 18.2 Å². The van der Waals surface area contributed by atoms with Crippen molar-refractivity contribution in [3.63, 3.8) is 0 Å². The molecular weight excluding hydrogens is 228 g/mol. The molecule has 0 spiro atoms. The Labute approximate surface area is 106 Å². The molecule has 0 aliphatic rings. The molecule has 2 N–H and O–H groups in total. The smallest absolute Gasteiger partial charge is 0.253 e. The van der Waals surface area contributed by atoms with Crippen LogP contribution in [0.25, 0.3) is 10.9 Å². The van der Waals surface area contributed by atoms with Crippen LogP contribution in [0, 0.1) is 0 Å². The van der Waals surface area contributed by atoms with Gasteiger partial charge in [0, 0.05) is 18.1 Å². The summed E-state index contributed by atoms with van der Waals surface area (Å²) in [6, 6.07) is 9.29. The van der Waals surface area contributed by atoms with E-state index in [0.29, 0.717) is 24.0 Å². The van der Waals surface area contributed by atoms with Crippen LogP contribution >= 0.6 is 0 Å². The quantitative estimate of drug-likeness (QED) is 0.861. The average Bonchev–Trinajstić information content (AvgIpc) is 2.37. The Hall–Kier alpha value is -1.94. The highest BCUT2D eigenvalue weighted by Gasteiger charge is 2.10. The van der Waals surface area contributed by atoms with E-state index in [1.807, 2.05) is 24.3 Å². The van der Waals surface area contributed by atoms with Crippen molar-refractivity contribution in [3.8, 4) is 0 Å². The Kier molecular flexibility index (Phi) is 3.89. The van der Waals surface area contributed by atoms with Crippen LogP contribution in [-0.2, 0) is 0 Å². The summed E-state index contributed by atoms with van der Waals surface area (Å²) in [5, 5.41) is 12.9. The Morgan fingerprint density at radius 3 is 2.94 bits per heavy atom. The average molecular weight is 244 g/mol. The van der Waals surface area contributed by atoms with Crippen molar-refractivity contribution < 1.29 is 9.90 Å². The SMILES string of the molecule is CC(O)CCNC(=O)c1cccc2cccnc12. The largest absolute Gasteiger partial charge is 0.393 e. The van der Waals surface area contributed by atoms with Crippen LogP contribution in [0.15, 0.2) is 36.5 Å². The van der Waals surface area contributed by atoms with E-state index < -0.39 is 6.10 Å². The summed E-state index contributed by atoms with van der Waals surface area (Å²) >= 11 is 0. The number of rotatable bonds is 4. The van der Waals surface area contributed by atoms with Gasteiger partial charge in [-0.15, -0.1) is 0 Å². The van der Waals surface area contributed by atoms with Gasteiger partial charge < -0.3 is 10.4 Å². The molecule has 0 fully saturated rings. The van der Waals surface area contributed by atoms with E-state index >= 15 is 0 Å². The number of hydrogen-bond donors (Lipinski definition) is 2. The predicted octanol–water partition coefficient (Wildman–Crippen LogP) is 1.74. The molecule has 1 unspecified atom stereocenters. The molecule has 1 amide bonds. The van der Waals surface area contributed by atoms with Crippen LogP contribution in [-0.4, -0.2) is 28.6 Å². The van der Waals surface area contributed by atoms with Gasteiger partial charge in [0.1, 0.15) is 0 Å². The Morgan fingerprint density at radius 2 is 2.17 bits per heavy atom. The summed E-state index contributed by atoms with van der Waals surface area (Å²) in [6.07, 6.45) is 1.81. The first-order chi connectivity index (χ1) is 8.68. The third kappa shape index (κ3) is 2.84. The van der Waals surface area contributed by atoms with E-state index in [9.17, 15) is 4.79 Å². The number of aromatic nitrogens is 1. The van der Waals surface area contributed by atoms with Crippen molar-refractivity contribution in [2.75, 3.05) is 6.54 Å². The normalized spacial score (nSPS) is 12.3. The second kappa shape index (κ2) is 5.60. The standard InChI is InChI=1S/C14H16N2O2/c1-10(17)7-9-16-14(18)12-6-2-4-11-5-3-8-15-13(11)12/h2-6,8,10,17H,7,9H2,1H3,(H,16,18). The van der Waals surface area contributed by atoms with Gasteiger partial charge in [-0.3, -0.25) is 9.78 Å². The molecule has 0 aliphatic carbocycles. The van der Waals surface area contributed by atoms with Gasteiger partial charge in [-0.2, -0.15) is 0 Å². The van der Waals surface area contributed by atoms with Crippen LogP contribution in [0.4, 0.5) is 0 Å². The number of amides is 1. The number of carbonyl (C=O) groups excluding carboxylic acids is 1. The summed E-state index contributed by atoms with van der Waals surface area (Å²) in [4.78, 5) is 16.2. The molecule has 18 heavy (non-hydrogen) atoms. The fourth-order valence-corrected chi connectivity index (χ4v) is 1.78. The van der Waals surface area contributed by atoms with E-state index in [1.54, 1.807) is 19.2 Å². The zero-order valence-corrected chi connectivity index (χ0v) is 10.3. The Balaban J connectivity index is 2.17. The van der Waals surface area contributed by atoms with Crippen molar-refractivity contribution >= 4 is 16.8 Å². The fourth-order valence-electron chi connectivity index (χ4n) is 1.78. The van der Waals surface area contributed by atoms with E-state index in [-0.39, 0.29) is 5.91 Å². The minimum absolute atomic E-state index is 0.153. The predicted molar refractivity (Wildman–Crippen MR) is 70.4 cm³/mol. The Bertz CT molecular complexity index is 547. The van der Waals surface area contributed by atoms with Gasteiger partial charge in [0.15, 0.2) is 0 Å². The number of nitrogens with one attached hydrogen (secondary N) is 1. The monoisotopic (exact) mass is 244 g/mol. The molecule has 1 aromatic heterocycles. The highest BCUT2D eigenvalue weighted by Crippen LogP contribution is 2.15. The van der Waals surface area contributed by atoms with Gasteiger partial charge in [0.2, 0.25) is 0 Å². The number of aliphatic hydroxyl groups is 1. The number of aliphatic hydroxyl groups excluding tert-OH is 1. The molecule has 2 rings (SSSR count). The minimum atomic E-state index is -0.407. The van der Waals surface area contributed by atoms with Crippen LogP contribution in [0.5, 0.6) is 0 Å². The summed E-state index contributed by atoms with van der Waals surface area (Å²) in [5.74, 6) is -0.153. The Morgan fingerprint density at radius 1 is 1.39 bits per heavy atom. The maximum Gasteiger partial charge on any atom is 0.253 e. The molecule has 1 atom stereocenters. The maximum absolute atomic E-state index is 12.0. The summed E-state index contributed by atoms with van der Waals surface area (Å²) in [5.41, 5.74) is 1.27. The molecule has 0 bridgehead atoms. The number of benzene rings is 1. The molecule has 4 nitrogen and oxygen atoms in total. The van der Waals surface area contributed by atoms with Crippen molar-refractivity contribution in [2.45, 2.75) is 19.4 Å². The number of nitrogens with zero attached hydrogens (tertiary/aromatic N) is 1. The number of fused-ring (bicyclic) bond motifs is 1. The zero-order valence-electron chi connectivity index (χ0n) is 10.3. The van der Waals surface area contributed by atoms with E-state index in [0.717, 1.165) is 5.39 Å². The second-order valence-corrected chi connectivity index (χ2v) is 4.27. The molecule has 2 aromatic rings. The minimum Gasteiger partial charge on any atom is -0.393 e. The second-order valence-electron chi connectivity index (χ2n) is 4.27. The first kappa shape index (κ1) is 12.5. The highest BCUT2D eigenvalue weighted by atomic mass is 16.3. The molecule has 94 valence electrons. The van der Waals surface area contributed by atoms with Crippen LogP contribution in [0.3, 0.4) is 0 Å². The van der Waals surface area contributed by atoms with Crippen molar-refractivity contribution in [3.05, 3.63) is 42.1 Å². The maximum atomic E-state index is 12.0. The lowest BCUT2D eigenvalue weighted by molar-refractivity contribution is 0.0947. The lowest BCUT2D eigenvalue weighted by atomic mass is 10.1. The van der Waals surface area contributed by atoms with Crippen molar-refractivity contribution in [1.82, 2.24) is 10.3 Å². The fraction of sp³-hybridized carbons (Fsp3) is 0.286. The van der Waals surface area contributed by atoms with Crippen molar-refractivity contribution in [1.29, 1.82) is 0 Å². The van der Waals surface area contributed by atoms with Crippen LogP contribution in [0.2, 0.25) is 0 Å². The molecule has 1 aromatic carbocycles. The molecular formula is C14H16N2O2. The molecule has 0 aliphatic heterocycles. The highest BCUT2D eigenvalue weighted by molar-refractivity contribution is 6.05. The number of carbonyl (C=O) groups is 1. The van der Waals surface area contributed by atoms with Crippen molar-refractivity contribution in [2.24, 2.45) is 0 Å². The lowest BCUT2D eigenvalue weighted by Gasteiger charge is -2.08. The van der Waals surface area contributed by atoms with Gasteiger partial charge in [0.05, 0.1) is 17.2 Å². The number of pyridine rings is 1. The van der Waals surface area contributed by atoms with Crippen LogP contribution in [0.1, 0.15) is 23.7 Å². The van der Waals surface area contributed by atoms with Gasteiger partial charge in [-0.25, -0.2) is 0 Å². The van der Waals surface area contributed by atoms with E-state index in [4.69, 9.17) is 5.11 Å². The third-order valence-corrected chi connectivity index (χ3v) is 2.73. The summed E-state index contributed by atoms with van der Waals surface area (Å²) in [6.45, 7) is 2.16. The number of para-hydroxylation sites is 1. The van der Waals surface area contributed by atoms with Gasteiger partial charge in [-0.05, 0) is 25.5 Å². The zero-order chi connectivity index (χ0) is 13.0. The summed E-state index contributed by atoms with van der Waals surface area (Å²) in [7, 11) is 0.